The van der Waals surface area contributed by atoms with Crippen LogP contribution >= 0.6 is 11.3 Å². The normalized spacial score (nSPS) is 19.3. The van der Waals surface area contributed by atoms with Gasteiger partial charge in [0.2, 0.25) is 5.56 Å². The molecule has 3 aromatic carbocycles. The maximum absolute atomic E-state index is 13.4. The molecule has 0 spiro atoms. The first-order chi connectivity index (χ1) is 26.7. The molecule has 2 aliphatic rings. The van der Waals surface area contributed by atoms with Crippen molar-refractivity contribution in [3.8, 4) is 5.75 Å². The number of carbonyl (C=O) groups is 2. The van der Waals surface area contributed by atoms with E-state index in [1.54, 1.807) is 18.2 Å². The second-order valence-electron chi connectivity index (χ2n) is 14.8. The number of aliphatic hydroxyl groups excluding tert-OH is 1. The van der Waals surface area contributed by atoms with Crippen molar-refractivity contribution in [2.24, 2.45) is 11.8 Å². The quantitative estimate of drug-likeness (QED) is 0.0662. The van der Waals surface area contributed by atoms with Gasteiger partial charge in [0, 0.05) is 42.5 Å². The molecule has 1 fully saturated rings. The average Bonchev–Trinajstić information content (AvgIpc) is 3.81. The summed E-state index contributed by atoms with van der Waals surface area (Å²) in [6.45, 7) is 4.55. The first kappa shape index (κ1) is 38.4. The highest BCUT2D eigenvalue weighted by Gasteiger charge is 2.55. The number of benzene rings is 3. The third-order valence-electron chi connectivity index (χ3n) is 11.3. The van der Waals surface area contributed by atoms with E-state index in [9.17, 15) is 29.7 Å². The molecule has 1 aliphatic carbocycles. The number of aliphatic hydroxyl groups is 1. The summed E-state index contributed by atoms with van der Waals surface area (Å²) in [6.07, 6.45) is 3.31. The summed E-state index contributed by atoms with van der Waals surface area (Å²) in [5, 5.41) is 42.2. The molecule has 1 saturated heterocycles. The van der Waals surface area contributed by atoms with Crippen LogP contribution in [0.3, 0.4) is 0 Å². The lowest BCUT2D eigenvalue weighted by atomic mass is 9.72. The van der Waals surface area contributed by atoms with Gasteiger partial charge >= 0.3 is 5.97 Å². The highest BCUT2D eigenvalue weighted by molar-refractivity contribution is 7.14. The predicted octanol–water partition coefficient (Wildman–Crippen LogP) is 5.28. The van der Waals surface area contributed by atoms with Crippen molar-refractivity contribution < 1.29 is 24.9 Å². The molecule has 0 saturated carbocycles. The molecule has 0 radical (unpaired) electrons. The van der Waals surface area contributed by atoms with Gasteiger partial charge in [0.15, 0.2) is 0 Å². The summed E-state index contributed by atoms with van der Waals surface area (Å²) in [4.78, 5) is 44.7. The molecule has 11 nitrogen and oxygen atoms in total. The molecule has 7 rings (SSSR count). The highest BCUT2D eigenvalue weighted by Crippen LogP contribution is 2.48. The second kappa shape index (κ2) is 17.3. The topological polar surface area (TPSA) is 167 Å². The van der Waals surface area contributed by atoms with Crippen molar-refractivity contribution in [2.75, 3.05) is 32.7 Å². The molecule has 55 heavy (non-hydrogen) atoms. The van der Waals surface area contributed by atoms with Gasteiger partial charge in [0.05, 0.1) is 16.5 Å². The number of phenolic OH excluding ortho intramolecular Hbond substituents is 1. The number of carboxylic acids is 1. The van der Waals surface area contributed by atoms with Crippen molar-refractivity contribution in [1.29, 1.82) is 0 Å². The van der Waals surface area contributed by atoms with Crippen molar-refractivity contribution >= 4 is 34.1 Å². The first-order valence-electron chi connectivity index (χ1n) is 19.2. The van der Waals surface area contributed by atoms with Crippen LogP contribution in [0.2, 0.25) is 0 Å². The van der Waals surface area contributed by atoms with Crippen LogP contribution in [-0.4, -0.2) is 69.8 Å². The van der Waals surface area contributed by atoms with E-state index in [0.29, 0.717) is 47.5 Å². The largest absolute Gasteiger partial charge is 0.506 e. The Balaban J connectivity index is 0.889. The number of nitrogens with zero attached hydrogens (tertiary/aromatic N) is 1. The number of hydrogen-bond acceptors (Lipinski definition) is 9. The Morgan fingerprint density at radius 3 is 2.49 bits per heavy atom. The molecule has 3 atom stereocenters. The van der Waals surface area contributed by atoms with Crippen LogP contribution < -0.4 is 21.5 Å². The summed E-state index contributed by atoms with van der Waals surface area (Å²) < 4.78 is 0. The Morgan fingerprint density at radius 2 is 1.69 bits per heavy atom. The minimum Gasteiger partial charge on any atom is -0.506 e. The SMILES string of the molecule is O=C(NCCCCNCC(O)c1ccc(O)c2[nH]c(=O)ccc12)c1ccc(CNC2(C(=O)O)c3ccccc3CC2C2CCN(Cc3ccccc3)CC2)s1. The van der Waals surface area contributed by atoms with Crippen molar-refractivity contribution in [2.45, 2.75) is 56.8 Å². The van der Waals surface area contributed by atoms with Gasteiger partial charge in [-0.05, 0) is 110 Å². The smallest absolute Gasteiger partial charge is 0.328 e. The van der Waals surface area contributed by atoms with Crippen molar-refractivity contribution in [3.05, 3.63) is 133 Å². The Morgan fingerprint density at radius 1 is 0.927 bits per heavy atom. The predicted molar refractivity (Wildman–Crippen MR) is 214 cm³/mol. The molecule has 12 heteroatoms. The average molecular weight is 764 g/mol. The zero-order chi connectivity index (χ0) is 38.4. The van der Waals surface area contributed by atoms with Gasteiger partial charge in [-0.1, -0.05) is 60.7 Å². The molecule has 3 unspecified atom stereocenters. The first-order valence-corrected chi connectivity index (χ1v) is 20.0. The lowest BCUT2D eigenvalue weighted by Crippen LogP contribution is -2.55. The number of amides is 1. The summed E-state index contributed by atoms with van der Waals surface area (Å²) in [6, 6.07) is 28.2. The zero-order valence-corrected chi connectivity index (χ0v) is 31.6. The number of thiophene rings is 1. The minimum absolute atomic E-state index is 0.0501. The van der Waals surface area contributed by atoms with Crippen LogP contribution in [-0.2, 0) is 29.8 Å². The van der Waals surface area contributed by atoms with Crippen LogP contribution in [0.5, 0.6) is 5.75 Å². The summed E-state index contributed by atoms with van der Waals surface area (Å²) in [5.41, 5.74) is 2.61. The van der Waals surface area contributed by atoms with Crippen LogP contribution in [0, 0.1) is 11.8 Å². The lowest BCUT2D eigenvalue weighted by molar-refractivity contribution is -0.149. The fraction of sp³-hybridized carbons (Fsp3) is 0.372. The van der Waals surface area contributed by atoms with Crippen molar-refractivity contribution in [3.63, 3.8) is 0 Å². The summed E-state index contributed by atoms with van der Waals surface area (Å²) in [5.74, 6) is -0.872. The number of aromatic amines is 1. The van der Waals surface area contributed by atoms with Crippen LogP contribution in [0.1, 0.15) is 68.6 Å². The molecular weight excluding hydrogens is 715 g/mol. The number of pyridine rings is 1. The van der Waals surface area contributed by atoms with Crippen LogP contribution in [0.15, 0.2) is 95.8 Å². The molecule has 7 N–H and O–H groups in total. The molecule has 0 bridgehead atoms. The number of rotatable bonds is 16. The number of fused-ring (bicyclic) bond motifs is 2. The van der Waals surface area contributed by atoms with E-state index in [4.69, 9.17) is 0 Å². The minimum atomic E-state index is -1.21. The molecule has 5 aromatic rings. The Labute approximate surface area is 324 Å². The number of aromatic hydroxyl groups is 1. The van der Waals surface area contributed by atoms with Gasteiger partial charge in [0.1, 0.15) is 11.3 Å². The second-order valence-corrected chi connectivity index (χ2v) is 15.9. The van der Waals surface area contributed by atoms with Gasteiger partial charge in [0.25, 0.3) is 5.91 Å². The van der Waals surface area contributed by atoms with E-state index in [-0.39, 0.29) is 29.1 Å². The van der Waals surface area contributed by atoms with E-state index >= 15 is 0 Å². The number of nitrogens with one attached hydrogen (secondary N) is 4. The number of carboxylic acid groups (broad SMARTS) is 1. The number of hydrogen-bond donors (Lipinski definition) is 7. The monoisotopic (exact) mass is 763 g/mol. The van der Waals surface area contributed by atoms with Gasteiger partial charge in [-0.3, -0.25) is 19.8 Å². The van der Waals surface area contributed by atoms with Crippen LogP contribution in [0.4, 0.5) is 0 Å². The van der Waals surface area contributed by atoms with E-state index in [0.717, 1.165) is 67.7 Å². The number of H-pyrrole nitrogens is 1. The van der Waals surface area contributed by atoms with Crippen LogP contribution in [0.25, 0.3) is 10.9 Å². The van der Waals surface area contributed by atoms with E-state index in [1.165, 1.54) is 29.0 Å². The number of carbonyl (C=O) groups excluding carboxylic acids is 1. The van der Waals surface area contributed by atoms with Gasteiger partial charge < -0.3 is 30.9 Å². The number of unbranched alkanes of at least 4 members (excludes halogenated alkanes) is 1. The number of aromatic nitrogens is 1. The molecular formula is C43H49N5O6S. The maximum Gasteiger partial charge on any atom is 0.328 e. The van der Waals surface area contributed by atoms with E-state index < -0.39 is 17.6 Å². The van der Waals surface area contributed by atoms with Crippen molar-refractivity contribution in [1.82, 2.24) is 25.8 Å². The van der Waals surface area contributed by atoms with E-state index in [2.05, 4.69) is 56.2 Å². The fourth-order valence-electron chi connectivity index (χ4n) is 8.51. The third-order valence-corrected chi connectivity index (χ3v) is 12.4. The maximum atomic E-state index is 13.4. The van der Waals surface area contributed by atoms with Gasteiger partial charge in [-0.15, -0.1) is 11.3 Å². The Bertz CT molecular complexity index is 2160. The van der Waals surface area contributed by atoms with Gasteiger partial charge in [-0.2, -0.15) is 0 Å². The summed E-state index contributed by atoms with van der Waals surface area (Å²) >= 11 is 1.38. The number of phenols is 1. The number of likely N-dealkylation sites (tertiary alicyclic amines) is 1. The Hall–Kier alpha value is -4.85. The third kappa shape index (κ3) is 8.53. The zero-order valence-electron chi connectivity index (χ0n) is 30.8. The Kier molecular flexibility index (Phi) is 12.1. The van der Waals surface area contributed by atoms with E-state index in [1.807, 2.05) is 30.3 Å². The number of piperidine rings is 1. The molecule has 1 amide bonds. The lowest BCUT2D eigenvalue weighted by Gasteiger charge is -2.41. The van der Waals surface area contributed by atoms with Gasteiger partial charge in [-0.25, -0.2) is 4.79 Å². The molecule has 1 aliphatic heterocycles. The molecule has 288 valence electrons. The highest BCUT2D eigenvalue weighted by atomic mass is 32.1. The fourth-order valence-corrected chi connectivity index (χ4v) is 9.37. The number of aliphatic carboxylic acids is 1. The summed E-state index contributed by atoms with van der Waals surface area (Å²) in [7, 11) is 0. The molecule has 3 heterocycles. The standard InChI is InChI=1S/C43H49N5O6S/c49-36-15-13-32(33-14-17-39(51)47-40(33)36)37(50)26-44-20-6-7-21-45-41(52)38-16-12-31(55-38)25-46-43(42(53)54)34-11-5-4-10-30(34)24-35(43)29-18-22-48(23-19-29)27-28-8-2-1-3-9-28/h1-5,8-17,29,35,37,44,46,49-50H,6-7,18-27H2,(H,45,52)(H,47,51)(H,53,54). The molecule has 2 aromatic heterocycles.